The summed E-state index contributed by atoms with van der Waals surface area (Å²) in [7, 11) is 0. The van der Waals surface area contributed by atoms with Crippen molar-refractivity contribution in [2.24, 2.45) is 5.41 Å². The van der Waals surface area contributed by atoms with E-state index in [0.29, 0.717) is 11.5 Å². The molecule has 19 heavy (non-hydrogen) atoms. The molecule has 1 aromatic carbocycles. The van der Waals surface area contributed by atoms with Crippen molar-refractivity contribution in [2.45, 2.75) is 45.6 Å². The van der Waals surface area contributed by atoms with Gasteiger partial charge in [-0.2, -0.15) is 0 Å². The summed E-state index contributed by atoms with van der Waals surface area (Å²) in [5, 5.41) is 0. The Balaban J connectivity index is 1.77. The van der Waals surface area contributed by atoms with E-state index in [-0.39, 0.29) is 0 Å². The van der Waals surface area contributed by atoms with Gasteiger partial charge in [0, 0.05) is 12.1 Å². The van der Waals surface area contributed by atoms with Gasteiger partial charge in [0.2, 0.25) is 0 Å². The standard InChI is InChI=1S/C18H23N/c1-18(2)12-5-13-19(14-18)17-10-8-15-6-3-4-7-16(15)9-11-17/h3-4,6-7,17H,5,8,10,12-14H2,1-2H3. The lowest BCUT2D eigenvalue weighted by Crippen LogP contribution is -2.45. The Morgan fingerprint density at radius 3 is 2.95 bits per heavy atom. The number of fused-ring (bicyclic) bond motifs is 1. The summed E-state index contributed by atoms with van der Waals surface area (Å²) in [6.45, 7) is 7.19. The molecule has 1 atom stereocenters. The average Bonchev–Trinajstić information content (AvgIpc) is 2.60. The summed E-state index contributed by atoms with van der Waals surface area (Å²) >= 11 is 0. The minimum atomic E-state index is 0.451. The quantitative estimate of drug-likeness (QED) is 0.693. The lowest BCUT2D eigenvalue weighted by Gasteiger charge is -2.40. The molecule has 1 heterocycles. The predicted molar refractivity (Wildman–Crippen MR) is 80.0 cm³/mol. The molecule has 3 rings (SSSR count). The summed E-state index contributed by atoms with van der Waals surface area (Å²) in [6.07, 6.45) is 5.00. The molecule has 0 spiro atoms. The number of hydrogen-bond donors (Lipinski definition) is 0. The van der Waals surface area contributed by atoms with Crippen LogP contribution in [0.15, 0.2) is 24.3 Å². The van der Waals surface area contributed by atoms with Crippen LogP contribution in [0.3, 0.4) is 0 Å². The summed E-state index contributed by atoms with van der Waals surface area (Å²) in [6, 6.07) is 9.06. The van der Waals surface area contributed by atoms with E-state index in [1.165, 1.54) is 43.5 Å². The first-order valence-corrected chi connectivity index (χ1v) is 7.48. The Kier molecular flexibility index (Phi) is 3.37. The zero-order valence-electron chi connectivity index (χ0n) is 12.1. The second-order valence-electron chi connectivity index (χ2n) is 6.72. The van der Waals surface area contributed by atoms with Crippen molar-refractivity contribution in [1.82, 2.24) is 4.90 Å². The Hall–Kier alpha value is -1.26. The highest BCUT2D eigenvalue weighted by Crippen LogP contribution is 2.30. The van der Waals surface area contributed by atoms with E-state index in [9.17, 15) is 0 Å². The molecule has 1 aromatic rings. The molecule has 1 unspecified atom stereocenters. The van der Waals surface area contributed by atoms with E-state index >= 15 is 0 Å². The fourth-order valence-corrected chi connectivity index (χ4v) is 3.39. The predicted octanol–water partition coefficient (Wildman–Crippen LogP) is 3.47. The molecule has 1 nitrogen and oxygen atoms in total. The van der Waals surface area contributed by atoms with Crippen LogP contribution in [0.5, 0.6) is 0 Å². The Morgan fingerprint density at radius 2 is 2.11 bits per heavy atom. The van der Waals surface area contributed by atoms with Crippen LogP contribution in [0.1, 0.15) is 44.2 Å². The van der Waals surface area contributed by atoms with Crippen LogP contribution in [0.25, 0.3) is 0 Å². The second kappa shape index (κ2) is 5.02. The van der Waals surface area contributed by atoms with E-state index in [1.807, 2.05) is 0 Å². The SMILES string of the molecule is CC1(C)CCCN(C2C#Cc3ccccc3CC2)C1. The third kappa shape index (κ3) is 2.85. The van der Waals surface area contributed by atoms with Gasteiger partial charge >= 0.3 is 0 Å². The highest BCUT2D eigenvalue weighted by Gasteiger charge is 2.30. The molecule has 0 amide bonds. The van der Waals surface area contributed by atoms with Crippen molar-refractivity contribution in [3.63, 3.8) is 0 Å². The van der Waals surface area contributed by atoms with Crippen molar-refractivity contribution in [3.05, 3.63) is 35.4 Å². The Morgan fingerprint density at radius 1 is 1.26 bits per heavy atom. The highest BCUT2D eigenvalue weighted by molar-refractivity contribution is 5.43. The molecule has 0 saturated carbocycles. The van der Waals surface area contributed by atoms with Gasteiger partial charge in [-0.3, -0.25) is 4.90 Å². The van der Waals surface area contributed by atoms with Crippen LogP contribution >= 0.6 is 0 Å². The maximum absolute atomic E-state index is 3.52. The maximum atomic E-state index is 3.52. The lowest BCUT2D eigenvalue weighted by molar-refractivity contribution is 0.0950. The van der Waals surface area contributed by atoms with Gasteiger partial charge in [-0.15, -0.1) is 0 Å². The summed E-state index contributed by atoms with van der Waals surface area (Å²) in [5.41, 5.74) is 3.12. The molecule has 1 aliphatic carbocycles. The van der Waals surface area contributed by atoms with Gasteiger partial charge in [0.15, 0.2) is 0 Å². The first-order valence-electron chi connectivity index (χ1n) is 7.48. The molecule has 0 radical (unpaired) electrons. The topological polar surface area (TPSA) is 3.24 Å². The molecule has 1 aliphatic heterocycles. The van der Waals surface area contributed by atoms with Crippen molar-refractivity contribution in [3.8, 4) is 11.8 Å². The monoisotopic (exact) mass is 253 g/mol. The van der Waals surface area contributed by atoms with Crippen molar-refractivity contribution < 1.29 is 0 Å². The van der Waals surface area contributed by atoms with Crippen LogP contribution in [0.2, 0.25) is 0 Å². The van der Waals surface area contributed by atoms with Crippen molar-refractivity contribution >= 4 is 0 Å². The second-order valence-corrected chi connectivity index (χ2v) is 6.72. The highest BCUT2D eigenvalue weighted by atomic mass is 15.2. The van der Waals surface area contributed by atoms with E-state index < -0.39 is 0 Å². The maximum Gasteiger partial charge on any atom is 0.0721 e. The fraction of sp³-hybridized carbons (Fsp3) is 0.556. The van der Waals surface area contributed by atoms with Gasteiger partial charge in [0.25, 0.3) is 0 Å². The van der Waals surface area contributed by atoms with Crippen LogP contribution in [-0.2, 0) is 6.42 Å². The first kappa shape index (κ1) is 12.8. The number of hydrogen-bond acceptors (Lipinski definition) is 1. The molecular formula is C18H23N. The van der Waals surface area contributed by atoms with Crippen molar-refractivity contribution in [1.29, 1.82) is 0 Å². The minimum Gasteiger partial charge on any atom is -0.289 e. The van der Waals surface area contributed by atoms with Gasteiger partial charge < -0.3 is 0 Å². The van der Waals surface area contributed by atoms with E-state index in [0.717, 1.165) is 6.42 Å². The largest absolute Gasteiger partial charge is 0.289 e. The van der Waals surface area contributed by atoms with Gasteiger partial charge in [0.1, 0.15) is 0 Å². The van der Waals surface area contributed by atoms with Crippen molar-refractivity contribution in [2.75, 3.05) is 13.1 Å². The molecule has 1 heteroatoms. The molecule has 100 valence electrons. The molecule has 2 aliphatic rings. The molecule has 0 N–H and O–H groups in total. The third-order valence-corrected chi connectivity index (χ3v) is 4.45. The first-order chi connectivity index (χ1) is 9.14. The third-order valence-electron chi connectivity index (χ3n) is 4.45. The van der Waals surface area contributed by atoms with Crippen LogP contribution in [0.4, 0.5) is 0 Å². The van der Waals surface area contributed by atoms with Gasteiger partial charge in [0.05, 0.1) is 6.04 Å². The molecule has 1 saturated heterocycles. The van der Waals surface area contributed by atoms with E-state index in [4.69, 9.17) is 0 Å². The minimum absolute atomic E-state index is 0.451. The summed E-state index contributed by atoms with van der Waals surface area (Å²) < 4.78 is 0. The number of piperidine rings is 1. The summed E-state index contributed by atoms with van der Waals surface area (Å²) in [4.78, 5) is 2.61. The lowest BCUT2D eigenvalue weighted by atomic mass is 9.83. The number of benzene rings is 1. The molecule has 0 bridgehead atoms. The molecular weight excluding hydrogens is 230 g/mol. The molecule has 0 aromatic heterocycles. The summed E-state index contributed by atoms with van der Waals surface area (Å²) in [5.74, 6) is 6.93. The molecule has 1 fully saturated rings. The van der Waals surface area contributed by atoms with Crippen LogP contribution in [-0.4, -0.2) is 24.0 Å². The average molecular weight is 253 g/mol. The number of likely N-dealkylation sites (tertiary alicyclic amines) is 1. The van der Waals surface area contributed by atoms with Gasteiger partial charge in [-0.25, -0.2) is 0 Å². The van der Waals surface area contributed by atoms with E-state index in [2.05, 4.69) is 54.9 Å². The normalized spacial score (nSPS) is 25.9. The smallest absolute Gasteiger partial charge is 0.0721 e. The zero-order valence-corrected chi connectivity index (χ0v) is 12.1. The van der Waals surface area contributed by atoms with Gasteiger partial charge in [-0.1, -0.05) is 43.9 Å². The van der Waals surface area contributed by atoms with Gasteiger partial charge in [-0.05, 0) is 49.3 Å². The number of aryl methyl sites for hydroxylation is 1. The number of nitrogens with zero attached hydrogens (tertiary/aromatic N) is 1. The Labute approximate surface area is 117 Å². The fourth-order valence-electron chi connectivity index (χ4n) is 3.39. The van der Waals surface area contributed by atoms with Crippen LogP contribution < -0.4 is 0 Å². The zero-order chi connectivity index (χ0) is 13.3. The number of rotatable bonds is 1. The van der Waals surface area contributed by atoms with Crippen LogP contribution in [0, 0.1) is 17.3 Å². The Bertz CT molecular complexity index is 518. The van der Waals surface area contributed by atoms with E-state index in [1.54, 1.807) is 0 Å².